The Balaban J connectivity index is 2.69. The summed E-state index contributed by atoms with van der Waals surface area (Å²) in [6, 6.07) is 0.575. The summed E-state index contributed by atoms with van der Waals surface area (Å²) in [5.41, 5.74) is -0.848. The monoisotopic (exact) mass is 270 g/mol. The van der Waals surface area contributed by atoms with Crippen LogP contribution in [0.15, 0.2) is 0 Å². The van der Waals surface area contributed by atoms with Crippen molar-refractivity contribution in [1.29, 1.82) is 0 Å². The lowest BCUT2D eigenvalue weighted by atomic mass is 9.99. The molecule has 0 aliphatic heterocycles. The molecule has 1 rings (SSSR count). The number of likely N-dealkylation sites (N-methyl/N-ethyl adjacent to an activating group) is 1. The first kappa shape index (κ1) is 16.4. The van der Waals surface area contributed by atoms with E-state index in [2.05, 4.69) is 24.1 Å². The minimum atomic E-state index is -0.848. The first-order chi connectivity index (χ1) is 8.89. The molecule has 0 amide bonds. The second kappa shape index (κ2) is 7.25. The van der Waals surface area contributed by atoms with Gasteiger partial charge in [0.15, 0.2) is 0 Å². The van der Waals surface area contributed by atoms with Gasteiger partial charge in [0, 0.05) is 12.6 Å². The number of aliphatic carboxylic acids is 1. The summed E-state index contributed by atoms with van der Waals surface area (Å²) in [5.74, 6) is -0.0999. The lowest BCUT2D eigenvalue weighted by molar-refractivity contribution is -0.145. The Hall–Kier alpha value is -0.610. The predicted octanol–water partition coefficient (Wildman–Crippen LogP) is 2.34. The quantitative estimate of drug-likeness (QED) is 0.711. The summed E-state index contributed by atoms with van der Waals surface area (Å²) in [6.07, 6.45) is 6.14. The Morgan fingerprint density at radius 3 is 2.42 bits per heavy atom. The number of nitrogens with one attached hydrogen (secondary N) is 1. The van der Waals surface area contributed by atoms with E-state index in [-0.39, 0.29) is 0 Å². The molecule has 1 unspecified atom stereocenters. The van der Waals surface area contributed by atoms with Crippen molar-refractivity contribution in [2.45, 2.75) is 64.5 Å². The molecular formula is C15H30N2O2. The fourth-order valence-electron chi connectivity index (χ4n) is 2.74. The van der Waals surface area contributed by atoms with Crippen molar-refractivity contribution in [3.63, 3.8) is 0 Å². The van der Waals surface area contributed by atoms with E-state index in [0.29, 0.717) is 18.5 Å². The van der Waals surface area contributed by atoms with Crippen molar-refractivity contribution >= 4 is 5.97 Å². The van der Waals surface area contributed by atoms with E-state index in [4.69, 9.17) is 0 Å². The maximum atomic E-state index is 11.5. The largest absolute Gasteiger partial charge is 0.480 e. The number of carboxylic acid groups (broad SMARTS) is 1. The van der Waals surface area contributed by atoms with Gasteiger partial charge in [0.1, 0.15) is 5.54 Å². The van der Waals surface area contributed by atoms with Gasteiger partial charge in [-0.2, -0.15) is 0 Å². The molecule has 1 saturated carbocycles. The molecule has 1 fully saturated rings. The molecule has 0 aromatic rings. The molecule has 1 atom stereocenters. The van der Waals surface area contributed by atoms with Crippen molar-refractivity contribution < 1.29 is 9.90 Å². The molecule has 1 aliphatic carbocycles. The van der Waals surface area contributed by atoms with E-state index in [0.717, 1.165) is 13.0 Å². The summed E-state index contributed by atoms with van der Waals surface area (Å²) in [4.78, 5) is 13.9. The van der Waals surface area contributed by atoms with Crippen LogP contribution >= 0.6 is 0 Å². The van der Waals surface area contributed by atoms with E-state index in [1.165, 1.54) is 25.7 Å². The summed E-state index contributed by atoms with van der Waals surface area (Å²) in [6.45, 7) is 7.83. The van der Waals surface area contributed by atoms with Gasteiger partial charge in [-0.3, -0.25) is 9.69 Å². The standard InChI is InChI=1S/C15H30N2O2/c1-12(2)9-10-17(13-7-5-6-8-13)11-15(3,16-4)14(18)19/h12-13,16H,5-11H2,1-4H3,(H,18,19). The number of rotatable bonds is 8. The van der Waals surface area contributed by atoms with Crippen LogP contribution in [0, 0.1) is 5.92 Å². The highest BCUT2D eigenvalue weighted by molar-refractivity contribution is 5.78. The van der Waals surface area contributed by atoms with Crippen LogP contribution in [0.4, 0.5) is 0 Å². The second-order valence-corrected chi connectivity index (χ2v) is 6.48. The molecule has 1 aliphatic rings. The zero-order valence-electron chi connectivity index (χ0n) is 12.9. The van der Waals surface area contributed by atoms with E-state index in [9.17, 15) is 9.90 Å². The first-order valence-corrected chi connectivity index (χ1v) is 7.55. The highest BCUT2D eigenvalue weighted by Gasteiger charge is 2.36. The molecule has 4 nitrogen and oxygen atoms in total. The minimum Gasteiger partial charge on any atom is -0.480 e. The molecular weight excluding hydrogens is 240 g/mol. The molecule has 19 heavy (non-hydrogen) atoms. The Kier molecular flexibility index (Phi) is 6.27. The Morgan fingerprint density at radius 1 is 1.42 bits per heavy atom. The lowest BCUT2D eigenvalue weighted by Gasteiger charge is -2.36. The molecule has 0 bridgehead atoms. The van der Waals surface area contributed by atoms with E-state index < -0.39 is 11.5 Å². The first-order valence-electron chi connectivity index (χ1n) is 7.55. The lowest BCUT2D eigenvalue weighted by Crippen LogP contribution is -2.57. The Morgan fingerprint density at radius 2 is 2.00 bits per heavy atom. The maximum Gasteiger partial charge on any atom is 0.324 e. The zero-order valence-corrected chi connectivity index (χ0v) is 12.9. The third kappa shape index (κ3) is 4.77. The van der Waals surface area contributed by atoms with E-state index in [1.54, 1.807) is 14.0 Å². The highest BCUT2D eigenvalue weighted by Crippen LogP contribution is 2.25. The van der Waals surface area contributed by atoms with Gasteiger partial charge in [0.05, 0.1) is 0 Å². The van der Waals surface area contributed by atoms with Crippen molar-refractivity contribution in [2.24, 2.45) is 5.92 Å². The number of hydrogen-bond acceptors (Lipinski definition) is 3. The maximum absolute atomic E-state index is 11.5. The van der Waals surface area contributed by atoms with Crippen LogP contribution in [0.5, 0.6) is 0 Å². The van der Waals surface area contributed by atoms with Crippen molar-refractivity contribution in [1.82, 2.24) is 10.2 Å². The fraction of sp³-hybridized carbons (Fsp3) is 0.933. The van der Waals surface area contributed by atoms with Crippen LogP contribution < -0.4 is 5.32 Å². The van der Waals surface area contributed by atoms with Gasteiger partial charge in [0.2, 0.25) is 0 Å². The Labute approximate surface area is 117 Å². The average Bonchev–Trinajstić information content (AvgIpc) is 2.87. The van der Waals surface area contributed by atoms with Gasteiger partial charge in [-0.1, -0.05) is 26.7 Å². The molecule has 0 heterocycles. The van der Waals surface area contributed by atoms with Gasteiger partial charge in [-0.05, 0) is 45.7 Å². The van der Waals surface area contributed by atoms with Crippen LogP contribution in [0.2, 0.25) is 0 Å². The number of nitrogens with zero attached hydrogens (tertiary/aromatic N) is 1. The van der Waals surface area contributed by atoms with Gasteiger partial charge in [-0.25, -0.2) is 0 Å². The van der Waals surface area contributed by atoms with Crippen LogP contribution in [0.1, 0.15) is 52.9 Å². The minimum absolute atomic E-state index is 0.575. The molecule has 0 saturated heterocycles. The molecule has 0 aromatic heterocycles. The summed E-state index contributed by atoms with van der Waals surface area (Å²) >= 11 is 0. The normalized spacial score (nSPS) is 20.1. The van der Waals surface area contributed by atoms with Gasteiger partial charge in [-0.15, -0.1) is 0 Å². The smallest absolute Gasteiger partial charge is 0.324 e. The number of hydrogen-bond donors (Lipinski definition) is 2. The van der Waals surface area contributed by atoms with Crippen molar-refractivity contribution in [2.75, 3.05) is 20.1 Å². The molecule has 2 N–H and O–H groups in total. The van der Waals surface area contributed by atoms with Crippen molar-refractivity contribution in [3.8, 4) is 0 Å². The van der Waals surface area contributed by atoms with Crippen molar-refractivity contribution in [3.05, 3.63) is 0 Å². The summed E-state index contributed by atoms with van der Waals surface area (Å²) in [5, 5.41) is 12.4. The zero-order chi connectivity index (χ0) is 14.5. The van der Waals surface area contributed by atoms with Crippen LogP contribution in [-0.4, -0.2) is 47.7 Å². The average molecular weight is 270 g/mol. The summed E-state index contributed by atoms with van der Waals surface area (Å²) < 4.78 is 0. The van der Waals surface area contributed by atoms with Crippen LogP contribution in [0.25, 0.3) is 0 Å². The molecule has 4 heteroatoms. The number of carboxylic acids is 1. The summed E-state index contributed by atoms with van der Waals surface area (Å²) in [7, 11) is 1.74. The van der Waals surface area contributed by atoms with Gasteiger partial charge >= 0.3 is 5.97 Å². The van der Waals surface area contributed by atoms with E-state index >= 15 is 0 Å². The van der Waals surface area contributed by atoms with Gasteiger partial charge in [0.25, 0.3) is 0 Å². The fourth-order valence-corrected chi connectivity index (χ4v) is 2.74. The van der Waals surface area contributed by atoms with Crippen LogP contribution in [0.3, 0.4) is 0 Å². The second-order valence-electron chi connectivity index (χ2n) is 6.48. The molecule has 0 aromatic carbocycles. The molecule has 0 radical (unpaired) electrons. The molecule has 0 spiro atoms. The molecule has 112 valence electrons. The highest BCUT2D eigenvalue weighted by atomic mass is 16.4. The third-order valence-corrected chi connectivity index (χ3v) is 4.38. The number of carbonyl (C=O) groups is 1. The predicted molar refractivity (Wildman–Crippen MR) is 78.4 cm³/mol. The van der Waals surface area contributed by atoms with Gasteiger partial charge < -0.3 is 10.4 Å². The Bertz CT molecular complexity index is 288. The third-order valence-electron chi connectivity index (χ3n) is 4.38. The topological polar surface area (TPSA) is 52.6 Å². The van der Waals surface area contributed by atoms with E-state index in [1.807, 2.05) is 0 Å². The van der Waals surface area contributed by atoms with Crippen LogP contribution in [-0.2, 0) is 4.79 Å². The SMILES string of the molecule is CNC(C)(CN(CCC(C)C)C1CCCC1)C(=O)O.